The van der Waals surface area contributed by atoms with Gasteiger partial charge in [-0.2, -0.15) is 5.10 Å². The fourth-order valence-electron chi connectivity index (χ4n) is 2.36. The third-order valence-electron chi connectivity index (χ3n) is 3.70. The molecule has 0 aliphatic heterocycles. The van der Waals surface area contributed by atoms with Gasteiger partial charge in [0.05, 0.1) is 11.9 Å². The van der Waals surface area contributed by atoms with Gasteiger partial charge in [0.2, 0.25) is 5.91 Å². The maximum absolute atomic E-state index is 12.8. The molecule has 3 rings (SSSR count). The highest BCUT2D eigenvalue weighted by molar-refractivity contribution is 5.76. The number of aryl methyl sites for hydroxylation is 1. The van der Waals surface area contributed by atoms with E-state index < -0.39 is 0 Å². The molecule has 24 heavy (non-hydrogen) atoms. The van der Waals surface area contributed by atoms with Gasteiger partial charge in [-0.1, -0.05) is 30.3 Å². The van der Waals surface area contributed by atoms with Crippen molar-refractivity contribution in [2.45, 2.75) is 19.4 Å². The molecular formula is C19H18FN3O. The highest BCUT2D eigenvalue weighted by Gasteiger charge is 2.05. The monoisotopic (exact) mass is 323 g/mol. The number of nitrogens with one attached hydrogen (secondary N) is 1. The first-order chi connectivity index (χ1) is 11.7. The summed E-state index contributed by atoms with van der Waals surface area (Å²) in [4.78, 5) is 11.9. The van der Waals surface area contributed by atoms with E-state index in [0.717, 1.165) is 16.8 Å². The van der Waals surface area contributed by atoms with Crippen molar-refractivity contribution in [3.8, 4) is 5.69 Å². The number of rotatable bonds is 6. The number of carbonyl (C=O) groups is 1. The molecule has 0 aliphatic carbocycles. The lowest BCUT2D eigenvalue weighted by Crippen LogP contribution is -2.22. The van der Waals surface area contributed by atoms with Crippen LogP contribution in [0, 0.1) is 5.82 Å². The number of amides is 1. The quantitative estimate of drug-likeness (QED) is 0.757. The third-order valence-corrected chi connectivity index (χ3v) is 3.70. The average molecular weight is 323 g/mol. The first-order valence-corrected chi connectivity index (χ1v) is 7.81. The van der Waals surface area contributed by atoms with Crippen molar-refractivity contribution in [1.29, 1.82) is 0 Å². The van der Waals surface area contributed by atoms with Gasteiger partial charge in [0, 0.05) is 19.2 Å². The Balaban J connectivity index is 1.48. The average Bonchev–Trinajstić information content (AvgIpc) is 3.09. The summed E-state index contributed by atoms with van der Waals surface area (Å²) in [6.07, 6.45) is 4.73. The van der Waals surface area contributed by atoms with E-state index in [0.29, 0.717) is 19.4 Å². The van der Waals surface area contributed by atoms with Crippen molar-refractivity contribution in [3.63, 3.8) is 0 Å². The van der Waals surface area contributed by atoms with E-state index in [-0.39, 0.29) is 11.7 Å². The second kappa shape index (κ2) is 7.55. The summed E-state index contributed by atoms with van der Waals surface area (Å²) < 4.78 is 14.6. The minimum Gasteiger partial charge on any atom is -0.352 e. The van der Waals surface area contributed by atoms with Crippen LogP contribution in [0.3, 0.4) is 0 Å². The first-order valence-electron chi connectivity index (χ1n) is 7.81. The van der Waals surface area contributed by atoms with Crippen LogP contribution in [0.4, 0.5) is 4.39 Å². The van der Waals surface area contributed by atoms with E-state index in [9.17, 15) is 9.18 Å². The van der Waals surface area contributed by atoms with Gasteiger partial charge >= 0.3 is 0 Å². The fraction of sp³-hybridized carbons (Fsp3) is 0.158. The number of hydrogen-bond donors (Lipinski definition) is 1. The molecule has 0 unspecified atom stereocenters. The molecule has 0 radical (unpaired) electrons. The number of para-hydroxylation sites is 1. The largest absolute Gasteiger partial charge is 0.352 e. The number of halogens is 1. The standard InChI is InChI=1S/C19H18FN3O/c20-17-9-6-15(7-10-17)12-21-19(24)11-8-16-13-22-23(14-16)18-4-2-1-3-5-18/h1-7,9-10,13-14H,8,11-12H2,(H,21,24). The van der Waals surface area contributed by atoms with Gasteiger partial charge < -0.3 is 5.32 Å². The zero-order valence-electron chi connectivity index (χ0n) is 13.2. The number of aromatic nitrogens is 2. The summed E-state index contributed by atoms with van der Waals surface area (Å²) in [6, 6.07) is 15.9. The van der Waals surface area contributed by atoms with E-state index in [4.69, 9.17) is 0 Å². The lowest BCUT2D eigenvalue weighted by Gasteiger charge is -2.05. The molecule has 1 amide bonds. The molecule has 0 spiro atoms. The molecule has 4 nitrogen and oxygen atoms in total. The Bertz CT molecular complexity index is 797. The van der Waals surface area contributed by atoms with Crippen molar-refractivity contribution in [1.82, 2.24) is 15.1 Å². The van der Waals surface area contributed by atoms with Crippen LogP contribution in [0.2, 0.25) is 0 Å². The van der Waals surface area contributed by atoms with Crippen LogP contribution in [-0.4, -0.2) is 15.7 Å². The second-order valence-electron chi connectivity index (χ2n) is 5.53. The van der Waals surface area contributed by atoms with Crippen LogP contribution >= 0.6 is 0 Å². The first kappa shape index (κ1) is 15.9. The summed E-state index contributed by atoms with van der Waals surface area (Å²) in [6.45, 7) is 0.405. The smallest absolute Gasteiger partial charge is 0.220 e. The van der Waals surface area contributed by atoms with Crippen LogP contribution in [0.5, 0.6) is 0 Å². The summed E-state index contributed by atoms with van der Waals surface area (Å²) in [5.74, 6) is -0.313. The van der Waals surface area contributed by atoms with E-state index in [2.05, 4.69) is 10.4 Å². The van der Waals surface area contributed by atoms with E-state index in [1.165, 1.54) is 12.1 Å². The van der Waals surface area contributed by atoms with Gasteiger partial charge in [-0.05, 0) is 41.8 Å². The topological polar surface area (TPSA) is 46.9 Å². The minimum absolute atomic E-state index is 0.0354. The van der Waals surface area contributed by atoms with Crippen molar-refractivity contribution in [2.24, 2.45) is 0 Å². The van der Waals surface area contributed by atoms with Crippen LogP contribution < -0.4 is 5.32 Å². The Morgan fingerprint density at radius 1 is 1.04 bits per heavy atom. The molecule has 1 N–H and O–H groups in total. The zero-order valence-corrected chi connectivity index (χ0v) is 13.2. The summed E-state index contributed by atoms with van der Waals surface area (Å²) in [5.41, 5.74) is 2.88. The zero-order chi connectivity index (χ0) is 16.8. The number of hydrogen-bond acceptors (Lipinski definition) is 2. The molecule has 3 aromatic rings. The molecule has 0 aliphatic rings. The Kier molecular flexibility index (Phi) is 5.01. The second-order valence-corrected chi connectivity index (χ2v) is 5.53. The van der Waals surface area contributed by atoms with Crippen molar-refractivity contribution in [2.75, 3.05) is 0 Å². The molecule has 122 valence electrons. The molecule has 0 bridgehead atoms. The molecule has 1 aromatic heterocycles. The van der Waals surface area contributed by atoms with Gasteiger partial charge in [-0.15, -0.1) is 0 Å². The minimum atomic E-state index is -0.277. The molecule has 0 atom stereocenters. The highest BCUT2D eigenvalue weighted by Crippen LogP contribution is 2.09. The Morgan fingerprint density at radius 2 is 1.79 bits per heavy atom. The molecule has 0 saturated carbocycles. The van der Waals surface area contributed by atoms with Crippen LogP contribution in [-0.2, 0) is 17.8 Å². The van der Waals surface area contributed by atoms with Gasteiger partial charge in [0.25, 0.3) is 0 Å². The summed E-state index contributed by atoms with van der Waals surface area (Å²) in [5, 5.41) is 7.15. The Labute approximate surface area is 139 Å². The van der Waals surface area contributed by atoms with Crippen LogP contribution in [0.1, 0.15) is 17.5 Å². The van der Waals surface area contributed by atoms with Gasteiger partial charge in [0.15, 0.2) is 0 Å². The molecule has 0 fully saturated rings. The number of benzene rings is 2. The normalized spacial score (nSPS) is 10.5. The Morgan fingerprint density at radius 3 is 2.54 bits per heavy atom. The lowest BCUT2D eigenvalue weighted by molar-refractivity contribution is -0.121. The van der Waals surface area contributed by atoms with E-state index >= 15 is 0 Å². The number of carbonyl (C=O) groups excluding carboxylic acids is 1. The molecule has 1 heterocycles. The highest BCUT2D eigenvalue weighted by atomic mass is 19.1. The van der Waals surface area contributed by atoms with Crippen LogP contribution in [0.15, 0.2) is 67.0 Å². The maximum Gasteiger partial charge on any atom is 0.220 e. The van der Waals surface area contributed by atoms with Gasteiger partial charge in [0.1, 0.15) is 5.82 Å². The summed E-state index contributed by atoms with van der Waals surface area (Å²) >= 11 is 0. The molecule has 2 aromatic carbocycles. The van der Waals surface area contributed by atoms with Gasteiger partial charge in [-0.3, -0.25) is 4.79 Å². The van der Waals surface area contributed by atoms with Crippen molar-refractivity contribution < 1.29 is 9.18 Å². The van der Waals surface area contributed by atoms with Crippen LogP contribution in [0.25, 0.3) is 5.69 Å². The van der Waals surface area contributed by atoms with E-state index in [1.807, 2.05) is 36.5 Å². The molecular weight excluding hydrogens is 305 g/mol. The lowest BCUT2D eigenvalue weighted by atomic mass is 10.2. The van der Waals surface area contributed by atoms with Crippen molar-refractivity contribution in [3.05, 3.63) is 83.9 Å². The SMILES string of the molecule is O=C(CCc1cnn(-c2ccccc2)c1)NCc1ccc(F)cc1. The summed E-state index contributed by atoms with van der Waals surface area (Å²) in [7, 11) is 0. The number of nitrogens with zero attached hydrogens (tertiary/aromatic N) is 2. The van der Waals surface area contributed by atoms with Gasteiger partial charge in [-0.25, -0.2) is 9.07 Å². The maximum atomic E-state index is 12.8. The molecule has 5 heteroatoms. The van der Waals surface area contributed by atoms with E-state index in [1.54, 1.807) is 23.0 Å². The molecule has 0 saturated heterocycles. The third kappa shape index (κ3) is 4.29. The predicted molar refractivity (Wildman–Crippen MR) is 90.1 cm³/mol. The fourth-order valence-corrected chi connectivity index (χ4v) is 2.36. The van der Waals surface area contributed by atoms with Crippen molar-refractivity contribution >= 4 is 5.91 Å². The Hall–Kier alpha value is -2.95. The predicted octanol–water partition coefficient (Wildman–Crippen LogP) is 3.26.